The molecule has 0 spiro atoms. The molecule has 1 saturated heterocycles. The van der Waals surface area contributed by atoms with E-state index in [1.54, 1.807) is 6.07 Å². The second-order valence-electron chi connectivity index (χ2n) is 4.79. The number of aliphatic hydroxyl groups excluding tert-OH is 1. The summed E-state index contributed by atoms with van der Waals surface area (Å²) in [4.78, 5) is 2.28. The van der Waals surface area contributed by atoms with Crippen molar-refractivity contribution < 1.29 is 5.11 Å². The lowest BCUT2D eigenvalue weighted by molar-refractivity contribution is 0.282. The minimum atomic E-state index is -0.00794. The van der Waals surface area contributed by atoms with E-state index in [-0.39, 0.29) is 6.61 Å². The molecule has 0 saturated carbocycles. The second kappa shape index (κ2) is 5.20. The van der Waals surface area contributed by atoms with Crippen LogP contribution in [0.4, 0.5) is 5.69 Å². The van der Waals surface area contributed by atoms with Crippen LogP contribution in [-0.2, 0) is 6.61 Å². The first-order valence-corrected chi connectivity index (χ1v) is 6.13. The Hall–Kier alpha value is -1.53. The lowest BCUT2D eigenvalue weighted by Crippen LogP contribution is -2.33. The monoisotopic (exact) mass is 230 g/mol. The second-order valence-corrected chi connectivity index (χ2v) is 4.79. The molecule has 1 N–H and O–H groups in total. The van der Waals surface area contributed by atoms with E-state index in [1.807, 2.05) is 12.1 Å². The van der Waals surface area contributed by atoms with Crippen LogP contribution in [0.3, 0.4) is 0 Å². The van der Waals surface area contributed by atoms with E-state index in [0.29, 0.717) is 5.56 Å². The summed E-state index contributed by atoms with van der Waals surface area (Å²) < 4.78 is 0. The number of nitriles is 1. The molecule has 1 aliphatic heterocycles. The third kappa shape index (κ3) is 2.59. The molecule has 0 unspecified atom stereocenters. The van der Waals surface area contributed by atoms with Crippen LogP contribution in [-0.4, -0.2) is 18.2 Å². The van der Waals surface area contributed by atoms with Crippen LogP contribution >= 0.6 is 0 Å². The van der Waals surface area contributed by atoms with Crippen molar-refractivity contribution in [1.29, 1.82) is 5.26 Å². The van der Waals surface area contributed by atoms with Crippen molar-refractivity contribution in [3.05, 3.63) is 29.3 Å². The van der Waals surface area contributed by atoms with E-state index in [2.05, 4.69) is 17.9 Å². The summed E-state index contributed by atoms with van der Waals surface area (Å²) in [5.74, 6) is 0.786. The van der Waals surface area contributed by atoms with Gasteiger partial charge >= 0.3 is 0 Å². The average molecular weight is 230 g/mol. The van der Waals surface area contributed by atoms with Crippen molar-refractivity contribution in [3.63, 3.8) is 0 Å². The zero-order chi connectivity index (χ0) is 12.3. The van der Waals surface area contributed by atoms with Gasteiger partial charge in [0.05, 0.1) is 17.9 Å². The summed E-state index contributed by atoms with van der Waals surface area (Å²) >= 11 is 0. The molecule has 2 rings (SSSR count). The van der Waals surface area contributed by atoms with Gasteiger partial charge in [0.2, 0.25) is 0 Å². The van der Waals surface area contributed by atoms with E-state index in [9.17, 15) is 0 Å². The molecule has 1 heterocycles. The Morgan fingerprint density at radius 1 is 1.41 bits per heavy atom. The lowest BCUT2D eigenvalue weighted by atomic mass is 9.98. The van der Waals surface area contributed by atoms with E-state index in [0.717, 1.165) is 30.3 Å². The van der Waals surface area contributed by atoms with Crippen LogP contribution in [0.1, 0.15) is 30.9 Å². The predicted molar refractivity (Wildman–Crippen MR) is 67.7 cm³/mol. The molecule has 90 valence electrons. The van der Waals surface area contributed by atoms with E-state index >= 15 is 0 Å². The maximum absolute atomic E-state index is 9.16. The number of nitrogens with zero attached hydrogens (tertiary/aromatic N) is 2. The fourth-order valence-corrected chi connectivity index (χ4v) is 2.30. The van der Waals surface area contributed by atoms with Gasteiger partial charge in [-0.3, -0.25) is 0 Å². The van der Waals surface area contributed by atoms with E-state index in [1.165, 1.54) is 12.8 Å². The Morgan fingerprint density at radius 2 is 2.12 bits per heavy atom. The Kier molecular flexibility index (Phi) is 3.65. The van der Waals surface area contributed by atoms with Gasteiger partial charge in [-0.05, 0) is 36.5 Å². The minimum Gasteiger partial charge on any atom is -0.392 e. The number of hydrogen-bond donors (Lipinski definition) is 1. The van der Waals surface area contributed by atoms with Crippen LogP contribution in [0, 0.1) is 17.2 Å². The van der Waals surface area contributed by atoms with Crippen LogP contribution < -0.4 is 4.90 Å². The van der Waals surface area contributed by atoms with E-state index < -0.39 is 0 Å². The molecule has 17 heavy (non-hydrogen) atoms. The Balaban J connectivity index is 2.23. The van der Waals surface area contributed by atoms with Crippen LogP contribution in [0.15, 0.2) is 18.2 Å². The molecule has 3 nitrogen and oxygen atoms in total. The quantitative estimate of drug-likeness (QED) is 0.848. The first-order valence-electron chi connectivity index (χ1n) is 6.13. The van der Waals surface area contributed by atoms with Crippen LogP contribution in [0.25, 0.3) is 0 Å². The molecule has 3 heteroatoms. The third-order valence-electron chi connectivity index (χ3n) is 3.49. The topological polar surface area (TPSA) is 47.3 Å². The molecule has 0 amide bonds. The summed E-state index contributed by atoms with van der Waals surface area (Å²) in [6.07, 6.45) is 2.37. The van der Waals surface area contributed by atoms with Crippen molar-refractivity contribution in [2.24, 2.45) is 5.92 Å². The highest BCUT2D eigenvalue weighted by atomic mass is 16.3. The number of rotatable bonds is 2. The first-order chi connectivity index (χ1) is 8.24. The van der Waals surface area contributed by atoms with Gasteiger partial charge in [0, 0.05) is 13.1 Å². The first kappa shape index (κ1) is 11.9. The van der Waals surface area contributed by atoms with Gasteiger partial charge in [-0.15, -0.1) is 0 Å². The molecule has 0 atom stereocenters. The van der Waals surface area contributed by atoms with Crippen LogP contribution in [0.2, 0.25) is 0 Å². The van der Waals surface area contributed by atoms with Gasteiger partial charge in [0.25, 0.3) is 0 Å². The number of piperidine rings is 1. The highest BCUT2D eigenvalue weighted by Gasteiger charge is 2.18. The summed E-state index contributed by atoms with van der Waals surface area (Å²) in [5.41, 5.74) is 2.48. The molecule has 0 aliphatic carbocycles. The van der Waals surface area contributed by atoms with Gasteiger partial charge in [0.1, 0.15) is 6.07 Å². The lowest BCUT2D eigenvalue weighted by Gasteiger charge is -2.32. The maximum Gasteiger partial charge on any atom is 0.101 e. The van der Waals surface area contributed by atoms with Crippen molar-refractivity contribution in [2.75, 3.05) is 18.0 Å². The average Bonchev–Trinajstić information content (AvgIpc) is 2.39. The molecule has 1 aromatic carbocycles. The Morgan fingerprint density at radius 3 is 2.71 bits per heavy atom. The van der Waals surface area contributed by atoms with Gasteiger partial charge in [-0.1, -0.05) is 13.0 Å². The van der Waals surface area contributed by atoms with Crippen LogP contribution in [0.5, 0.6) is 0 Å². The molecular weight excluding hydrogens is 212 g/mol. The summed E-state index contributed by atoms with van der Waals surface area (Å²) in [7, 11) is 0. The maximum atomic E-state index is 9.16. The number of anilines is 1. The van der Waals surface area contributed by atoms with E-state index in [4.69, 9.17) is 10.4 Å². The number of benzene rings is 1. The highest BCUT2D eigenvalue weighted by molar-refractivity contribution is 5.60. The third-order valence-corrected chi connectivity index (χ3v) is 3.49. The molecule has 1 aromatic rings. The Bertz CT molecular complexity index is 428. The molecule has 0 aromatic heterocycles. The highest BCUT2D eigenvalue weighted by Crippen LogP contribution is 2.26. The van der Waals surface area contributed by atoms with Gasteiger partial charge in [-0.2, -0.15) is 5.26 Å². The van der Waals surface area contributed by atoms with Crippen molar-refractivity contribution >= 4 is 5.69 Å². The predicted octanol–water partition coefficient (Wildman–Crippen LogP) is 2.29. The zero-order valence-corrected chi connectivity index (χ0v) is 10.2. The number of hydrogen-bond acceptors (Lipinski definition) is 3. The van der Waals surface area contributed by atoms with Gasteiger partial charge in [-0.25, -0.2) is 0 Å². The zero-order valence-electron chi connectivity index (χ0n) is 10.2. The fraction of sp³-hybridized carbons (Fsp3) is 0.500. The largest absolute Gasteiger partial charge is 0.392 e. The summed E-state index contributed by atoms with van der Waals surface area (Å²) in [6.45, 7) is 4.31. The van der Waals surface area contributed by atoms with Crippen molar-refractivity contribution in [3.8, 4) is 6.07 Å². The molecule has 0 radical (unpaired) electrons. The summed E-state index contributed by atoms with van der Waals surface area (Å²) in [6, 6.07) is 7.87. The number of aliphatic hydroxyl groups is 1. The SMILES string of the molecule is CC1CCN(c2ccc(CO)cc2C#N)CC1. The fourth-order valence-electron chi connectivity index (χ4n) is 2.30. The smallest absolute Gasteiger partial charge is 0.101 e. The molecule has 1 fully saturated rings. The van der Waals surface area contributed by atoms with Crippen molar-refractivity contribution in [1.82, 2.24) is 0 Å². The molecule has 1 aliphatic rings. The normalized spacial score (nSPS) is 16.9. The Labute approximate surface area is 102 Å². The van der Waals surface area contributed by atoms with Crippen molar-refractivity contribution in [2.45, 2.75) is 26.4 Å². The van der Waals surface area contributed by atoms with Gasteiger partial charge < -0.3 is 10.0 Å². The van der Waals surface area contributed by atoms with Gasteiger partial charge in [0.15, 0.2) is 0 Å². The summed E-state index contributed by atoms with van der Waals surface area (Å²) in [5, 5.41) is 18.2. The molecule has 0 bridgehead atoms. The molecular formula is C14H18N2O. The standard InChI is InChI=1S/C14H18N2O/c1-11-4-6-16(7-5-11)14-3-2-12(10-17)8-13(14)9-15/h2-3,8,11,17H,4-7,10H2,1H3. The minimum absolute atomic E-state index is 0.00794.